The van der Waals surface area contributed by atoms with E-state index in [4.69, 9.17) is 28.6 Å². The molecule has 11 heteroatoms. The maximum atomic E-state index is 13.0. The smallest absolute Gasteiger partial charge is 0.410 e. The summed E-state index contributed by atoms with van der Waals surface area (Å²) in [6, 6.07) is 5.76. The van der Waals surface area contributed by atoms with Crippen molar-refractivity contribution < 1.29 is 23.4 Å². The van der Waals surface area contributed by atoms with Gasteiger partial charge in [-0.2, -0.15) is 0 Å². The first-order valence-corrected chi connectivity index (χ1v) is 13.9. The molecule has 0 radical (unpaired) electrons. The second kappa shape index (κ2) is 11.1. The van der Waals surface area contributed by atoms with Crippen molar-refractivity contribution in [2.45, 2.75) is 72.6 Å². The predicted octanol–water partition coefficient (Wildman–Crippen LogP) is 5.66. The van der Waals surface area contributed by atoms with Crippen LogP contribution in [0.2, 0.25) is 0 Å². The summed E-state index contributed by atoms with van der Waals surface area (Å²) in [6.07, 6.45) is 2.25. The van der Waals surface area contributed by atoms with Gasteiger partial charge in [0.2, 0.25) is 5.95 Å². The average Bonchev–Trinajstić information content (AvgIpc) is 3.53. The molecule has 0 aliphatic carbocycles. The number of fused-ring (bicyclic) bond motifs is 2. The Morgan fingerprint density at radius 1 is 1.17 bits per heavy atom. The molecule has 1 saturated heterocycles. The number of benzene rings is 1. The number of hydrogen-bond acceptors (Lipinski definition) is 10. The Kier molecular flexibility index (Phi) is 7.74. The van der Waals surface area contributed by atoms with Crippen LogP contribution in [-0.4, -0.2) is 75.6 Å². The van der Waals surface area contributed by atoms with Crippen LogP contribution in [0, 0.1) is 13.8 Å². The lowest BCUT2D eigenvalue weighted by atomic mass is 10.0. The number of oxazole rings is 1. The van der Waals surface area contributed by atoms with E-state index in [2.05, 4.69) is 14.9 Å². The van der Waals surface area contributed by atoms with Gasteiger partial charge in [-0.05, 0) is 66.2 Å². The Morgan fingerprint density at radius 2 is 1.95 bits per heavy atom. The molecule has 4 heterocycles. The highest BCUT2D eigenvalue weighted by molar-refractivity contribution is 5.89. The number of ether oxygens (including phenoxy) is 3. The molecule has 3 aromatic heterocycles. The summed E-state index contributed by atoms with van der Waals surface area (Å²) in [5.41, 5.74) is 4.57. The Labute approximate surface area is 239 Å². The van der Waals surface area contributed by atoms with Crippen LogP contribution in [0.5, 0.6) is 5.75 Å². The van der Waals surface area contributed by atoms with Gasteiger partial charge in [0, 0.05) is 44.3 Å². The molecular formula is C30H38N6O5. The summed E-state index contributed by atoms with van der Waals surface area (Å²) >= 11 is 0. The molecule has 1 atom stereocenters. The summed E-state index contributed by atoms with van der Waals surface area (Å²) in [5.74, 6) is 1.83. The summed E-state index contributed by atoms with van der Waals surface area (Å²) in [4.78, 5) is 35.7. The lowest BCUT2D eigenvalue weighted by Gasteiger charge is -2.34. The Hall–Kier alpha value is -3.99. The van der Waals surface area contributed by atoms with Gasteiger partial charge in [-0.1, -0.05) is 0 Å². The summed E-state index contributed by atoms with van der Waals surface area (Å²) in [6.45, 7) is 14.9. The minimum atomic E-state index is -0.551. The van der Waals surface area contributed by atoms with Gasteiger partial charge in [-0.15, -0.1) is 0 Å². The number of carbonyl (C=O) groups excluding carboxylic acids is 1. The Bertz CT molecular complexity index is 1580. The maximum Gasteiger partial charge on any atom is 0.410 e. The third-order valence-corrected chi connectivity index (χ3v) is 7.00. The molecule has 0 saturated carbocycles. The van der Waals surface area contributed by atoms with Crippen molar-refractivity contribution in [3.8, 4) is 17.0 Å². The van der Waals surface area contributed by atoms with Crippen LogP contribution >= 0.6 is 0 Å². The van der Waals surface area contributed by atoms with E-state index in [1.165, 1.54) is 0 Å². The van der Waals surface area contributed by atoms with E-state index in [1.807, 2.05) is 71.6 Å². The van der Waals surface area contributed by atoms with Gasteiger partial charge in [0.1, 0.15) is 22.4 Å². The van der Waals surface area contributed by atoms with E-state index in [9.17, 15) is 4.79 Å². The van der Waals surface area contributed by atoms with Gasteiger partial charge in [-0.3, -0.25) is 0 Å². The molecule has 11 nitrogen and oxygen atoms in total. The normalized spacial score (nSPS) is 15.7. The third kappa shape index (κ3) is 5.90. The topological polar surface area (TPSA) is 116 Å². The van der Waals surface area contributed by atoms with E-state index >= 15 is 0 Å². The summed E-state index contributed by atoms with van der Waals surface area (Å²) in [5, 5.41) is 0. The molecule has 0 spiro atoms. The van der Waals surface area contributed by atoms with Crippen LogP contribution in [0.3, 0.4) is 0 Å². The molecule has 4 aromatic rings. The SMILES string of the molecule is COCOc1c(-c2ccc3nc(N4CC[C@H](N(C(=O)OC(C)(C)C)C(C)C)C4)ncc3n2)cc2oc(C)nc2c1C. The lowest BCUT2D eigenvalue weighted by molar-refractivity contribution is 0.0107. The number of amides is 1. The Balaban J connectivity index is 1.41. The zero-order valence-corrected chi connectivity index (χ0v) is 25.0. The van der Waals surface area contributed by atoms with Gasteiger partial charge in [-0.25, -0.2) is 24.7 Å². The summed E-state index contributed by atoms with van der Waals surface area (Å²) in [7, 11) is 1.58. The van der Waals surface area contributed by atoms with Crippen molar-refractivity contribution in [3.63, 3.8) is 0 Å². The van der Waals surface area contributed by atoms with E-state index in [-0.39, 0.29) is 25.0 Å². The van der Waals surface area contributed by atoms with Gasteiger partial charge in [0.15, 0.2) is 18.3 Å². The molecule has 1 aliphatic heterocycles. The molecule has 1 aliphatic rings. The second-order valence-electron chi connectivity index (χ2n) is 11.6. The monoisotopic (exact) mass is 562 g/mol. The minimum absolute atomic E-state index is 0.00746. The molecule has 218 valence electrons. The highest BCUT2D eigenvalue weighted by atomic mass is 16.7. The van der Waals surface area contributed by atoms with Crippen molar-refractivity contribution in [1.29, 1.82) is 0 Å². The number of rotatable bonds is 7. The minimum Gasteiger partial charge on any atom is -0.466 e. The number of aromatic nitrogens is 4. The number of nitrogens with zero attached hydrogens (tertiary/aromatic N) is 6. The van der Waals surface area contributed by atoms with Crippen molar-refractivity contribution in [2.75, 3.05) is 31.9 Å². The number of methoxy groups -OCH3 is 1. The van der Waals surface area contributed by atoms with Crippen LogP contribution in [0.25, 0.3) is 33.4 Å². The fourth-order valence-electron chi connectivity index (χ4n) is 5.27. The molecule has 1 aromatic carbocycles. The van der Waals surface area contributed by atoms with E-state index < -0.39 is 5.60 Å². The standard InChI is InChI=1S/C30H38N6O5/c1-17(2)36(29(37)41-30(5,6)7)20-11-12-35(15-20)28-31-14-24-23(34-28)10-9-22(33-24)21-13-25-26(32-19(4)40-25)18(3)27(21)39-16-38-8/h9-10,13-14,17,20H,11-12,15-16H2,1-8H3/t20-/m0/s1. The van der Waals surface area contributed by atoms with Gasteiger partial charge in [0.05, 0.1) is 23.4 Å². The predicted molar refractivity (Wildman–Crippen MR) is 156 cm³/mol. The zero-order valence-electron chi connectivity index (χ0n) is 25.0. The maximum absolute atomic E-state index is 13.0. The fraction of sp³-hybridized carbons (Fsp3) is 0.500. The number of aryl methyl sites for hydroxylation is 2. The van der Waals surface area contributed by atoms with E-state index in [1.54, 1.807) is 13.3 Å². The first-order valence-electron chi connectivity index (χ1n) is 13.9. The molecule has 5 rings (SSSR count). The number of carbonyl (C=O) groups is 1. The Morgan fingerprint density at radius 3 is 2.66 bits per heavy atom. The quantitative estimate of drug-likeness (QED) is 0.261. The van der Waals surface area contributed by atoms with E-state index in [0.717, 1.165) is 35.1 Å². The zero-order chi connectivity index (χ0) is 29.5. The number of pyridine rings is 1. The molecule has 1 amide bonds. The number of hydrogen-bond donors (Lipinski definition) is 0. The summed E-state index contributed by atoms with van der Waals surface area (Å²) < 4.78 is 22.6. The molecule has 0 N–H and O–H groups in total. The largest absolute Gasteiger partial charge is 0.466 e. The molecule has 1 fully saturated rings. The second-order valence-corrected chi connectivity index (χ2v) is 11.6. The fourth-order valence-corrected chi connectivity index (χ4v) is 5.27. The van der Waals surface area contributed by atoms with Crippen molar-refractivity contribution >= 4 is 34.2 Å². The van der Waals surface area contributed by atoms with Crippen LogP contribution in [0.4, 0.5) is 10.7 Å². The average molecular weight is 563 g/mol. The van der Waals surface area contributed by atoms with Crippen molar-refractivity contribution in [3.05, 3.63) is 35.9 Å². The molecule has 41 heavy (non-hydrogen) atoms. The lowest BCUT2D eigenvalue weighted by Crippen LogP contribution is -2.48. The van der Waals surface area contributed by atoms with Crippen LogP contribution in [0.1, 0.15) is 52.5 Å². The van der Waals surface area contributed by atoms with Crippen LogP contribution in [0.15, 0.2) is 28.8 Å². The molecule has 0 bridgehead atoms. The molecular weight excluding hydrogens is 524 g/mol. The highest BCUT2D eigenvalue weighted by Crippen LogP contribution is 2.38. The van der Waals surface area contributed by atoms with E-state index in [0.29, 0.717) is 40.9 Å². The third-order valence-electron chi connectivity index (χ3n) is 7.00. The first-order chi connectivity index (χ1) is 19.4. The van der Waals surface area contributed by atoms with Crippen LogP contribution in [-0.2, 0) is 9.47 Å². The van der Waals surface area contributed by atoms with Gasteiger partial charge >= 0.3 is 6.09 Å². The van der Waals surface area contributed by atoms with Gasteiger partial charge in [0.25, 0.3) is 0 Å². The van der Waals surface area contributed by atoms with Crippen molar-refractivity contribution in [2.24, 2.45) is 0 Å². The van der Waals surface area contributed by atoms with Crippen molar-refractivity contribution in [1.82, 2.24) is 24.8 Å². The highest BCUT2D eigenvalue weighted by Gasteiger charge is 2.35. The van der Waals surface area contributed by atoms with Crippen LogP contribution < -0.4 is 9.64 Å². The number of anilines is 1. The van der Waals surface area contributed by atoms with Gasteiger partial charge < -0.3 is 28.4 Å². The molecule has 0 unspecified atom stereocenters. The first kappa shape index (κ1) is 28.5.